The van der Waals surface area contributed by atoms with Crippen LogP contribution in [0.3, 0.4) is 0 Å². The third-order valence-corrected chi connectivity index (χ3v) is 5.89. The summed E-state index contributed by atoms with van der Waals surface area (Å²) in [6.45, 7) is 4.19. The Labute approximate surface area is 181 Å². The fraction of sp³-hybridized carbons (Fsp3) is 0.435. The molecule has 0 radical (unpaired) electrons. The van der Waals surface area contributed by atoms with E-state index >= 15 is 0 Å². The van der Waals surface area contributed by atoms with Gasteiger partial charge in [-0.1, -0.05) is 32.1 Å². The molecule has 4 rings (SSSR count). The topological polar surface area (TPSA) is 97.2 Å². The zero-order chi connectivity index (χ0) is 22.0. The Morgan fingerprint density at radius 2 is 1.84 bits per heavy atom. The van der Waals surface area contributed by atoms with Crippen LogP contribution in [0.15, 0.2) is 48.9 Å². The van der Waals surface area contributed by atoms with E-state index in [4.69, 9.17) is 0 Å². The smallest absolute Gasteiger partial charge is 0.243 e. The number of fused-ring (bicyclic) bond motifs is 1. The lowest BCUT2D eigenvalue weighted by molar-refractivity contribution is -0.148. The number of carbonyl (C=O) groups excluding carboxylic acids is 3. The van der Waals surface area contributed by atoms with Gasteiger partial charge < -0.3 is 5.32 Å². The van der Waals surface area contributed by atoms with Gasteiger partial charge in [0.05, 0.1) is 11.8 Å². The Hall–Kier alpha value is -3.29. The summed E-state index contributed by atoms with van der Waals surface area (Å²) in [7, 11) is 0. The molecule has 1 saturated heterocycles. The van der Waals surface area contributed by atoms with E-state index in [1.165, 1.54) is 4.90 Å². The summed E-state index contributed by atoms with van der Waals surface area (Å²) in [5, 5.41) is 7.14. The number of hydrogen-bond acceptors (Lipinski definition) is 5. The van der Waals surface area contributed by atoms with E-state index in [2.05, 4.69) is 15.4 Å². The van der Waals surface area contributed by atoms with E-state index in [-0.39, 0.29) is 42.0 Å². The van der Waals surface area contributed by atoms with Crippen molar-refractivity contribution in [2.24, 2.45) is 17.8 Å². The first kappa shape index (κ1) is 21.0. The van der Waals surface area contributed by atoms with Crippen LogP contribution in [-0.2, 0) is 20.9 Å². The normalized spacial score (nSPS) is 21.5. The van der Waals surface area contributed by atoms with Gasteiger partial charge in [-0.05, 0) is 37.3 Å². The molecule has 0 aromatic carbocycles. The molecule has 0 bridgehead atoms. The number of hydrogen-bond donors (Lipinski definition) is 1. The van der Waals surface area contributed by atoms with E-state index in [1.54, 1.807) is 35.4 Å². The van der Waals surface area contributed by atoms with Gasteiger partial charge in [0, 0.05) is 30.7 Å². The molecule has 0 saturated carbocycles. The maximum Gasteiger partial charge on any atom is 0.243 e. The summed E-state index contributed by atoms with van der Waals surface area (Å²) >= 11 is 0. The second kappa shape index (κ2) is 8.83. The third kappa shape index (κ3) is 4.15. The molecule has 8 nitrogen and oxygen atoms in total. The Balaban J connectivity index is 1.53. The van der Waals surface area contributed by atoms with Crippen molar-refractivity contribution in [1.82, 2.24) is 25.0 Å². The second-order valence-electron chi connectivity index (χ2n) is 8.50. The summed E-state index contributed by atoms with van der Waals surface area (Å²) in [6, 6.07) is 4.66. The van der Waals surface area contributed by atoms with Crippen molar-refractivity contribution in [2.75, 3.05) is 0 Å². The molecule has 3 amide bonds. The minimum absolute atomic E-state index is 0.148. The SMILES string of the molecule is CC(C)C[C@H](C(=O)NCc1cccnc1-n1cccn1)N1C(=O)[C@H]2CC=CC[C@H]2C1=O. The molecule has 1 fully saturated rings. The number of rotatable bonds is 7. The van der Waals surface area contributed by atoms with E-state index in [1.807, 2.05) is 32.1 Å². The molecule has 1 aliphatic heterocycles. The minimum atomic E-state index is -0.810. The van der Waals surface area contributed by atoms with Crippen LogP contribution in [0.5, 0.6) is 0 Å². The van der Waals surface area contributed by atoms with Crippen LogP contribution < -0.4 is 5.32 Å². The van der Waals surface area contributed by atoms with Gasteiger partial charge in [-0.2, -0.15) is 5.10 Å². The Morgan fingerprint density at radius 1 is 1.13 bits per heavy atom. The summed E-state index contributed by atoms with van der Waals surface area (Å²) in [4.78, 5) is 44.9. The van der Waals surface area contributed by atoms with E-state index in [0.29, 0.717) is 25.1 Å². The maximum absolute atomic E-state index is 13.2. The van der Waals surface area contributed by atoms with E-state index < -0.39 is 6.04 Å². The van der Waals surface area contributed by atoms with Crippen LogP contribution in [-0.4, -0.2) is 43.4 Å². The van der Waals surface area contributed by atoms with Crippen molar-refractivity contribution in [3.63, 3.8) is 0 Å². The van der Waals surface area contributed by atoms with Crippen LogP contribution in [0.1, 0.15) is 38.7 Å². The first-order valence-electron chi connectivity index (χ1n) is 10.7. The molecule has 162 valence electrons. The zero-order valence-corrected chi connectivity index (χ0v) is 17.8. The lowest BCUT2D eigenvalue weighted by Gasteiger charge is -2.27. The predicted molar refractivity (Wildman–Crippen MR) is 114 cm³/mol. The first-order valence-corrected chi connectivity index (χ1v) is 10.7. The fourth-order valence-electron chi connectivity index (χ4n) is 4.38. The molecular weight excluding hydrogens is 394 g/mol. The van der Waals surface area contributed by atoms with Crippen molar-refractivity contribution in [1.29, 1.82) is 0 Å². The Bertz CT molecular complexity index is 972. The Morgan fingerprint density at radius 3 is 2.45 bits per heavy atom. The van der Waals surface area contributed by atoms with Crippen LogP contribution >= 0.6 is 0 Å². The van der Waals surface area contributed by atoms with Crippen molar-refractivity contribution in [3.8, 4) is 5.82 Å². The number of nitrogens with one attached hydrogen (secondary N) is 1. The van der Waals surface area contributed by atoms with Crippen LogP contribution in [0.4, 0.5) is 0 Å². The molecule has 1 N–H and O–H groups in total. The quantitative estimate of drug-likeness (QED) is 0.546. The molecule has 31 heavy (non-hydrogen) atoms. The lowest BCUT2D eigenvalue weighted by Crippen LogP contribution is -2.50. The standard InChI is InChI=1S/C23H27N5O3/c1-15(2)13-19(28-22(30)17-8-3-4-9-18(17)23(28)31)21(29)25-14-16-7-5-10-24-20(16)27-12-6-11-26-27/h3-7,10-12,15,17-19H,8-9,13-14H2,1-2H3,(H,25,29)/t17-,18+,19-/m1/s1. The van der Waals surface area contributed by atoms with E-state index in [9.17, 15) is 14.4 Å². The lowest BCUT2D eigenvalue weighted by atomic mass is 9.85. The van der Waals surface area contributed by atoms with Gasteiger partial charge in [-0.25, -0.2) is 9.67 Å². The number of carbonyl (C=O) groups is 3. The molecule has 3 heterocycles. The molecule has 0 unspecified atom stereocenters. The first-order chi connectivity index (χ1) is 15.0. The molecule has 2 aromatic heterocycles. The molecule has 1 aliphatic carbocycles. The molecule has 2 aliphatic rings. The summed E-state index contributed by atoms with van der Waals surface area (Å²) < 4.78 is 1.64. The van der Waals surface area contributed by atoms with Gasteiger partial charge in [0.1, 0.15) is 6.04 Å². The van der Waals surface area contributed by atoms with Gasteiger partial charge in [0.25, 0.3) is 0 Å². The monoisotopic (exact) mass is 421 g/mol. The number of nitrogens with zero attached hydrogens (tertiary/aromatic N) is 4. The van der Waals surface area contributed by atoms with Crippen molar-refractivity contribution in [3.05, 3.63) is 54.5 Å². The number of pyridine rings is 1. The predicted octanol–water partition coefficient (Wildman–Crippen LogP) is 2.25. The highest BCUT2D eigenvalue weighted by atomic mass is 16.2. The average Bonchev–Trinajstić information content (AvgIpc) is 3.39. The number of allylic oxidation sites excluding steroid dienone is 2. The minimum Gasteiger partial charge on any atom is -0.350 e. The van der Waals surface area contributed by atoms with Crippen LogP contribution in [0, 0.1) is 17.8 Å². The third-order valence-electron chi connectivity index (χ3n) is 5.89. The highest BCUT2D eigenvalue weighted by molar-refractivity contribution is 6.08. The summed E-state index contributed by atoms with van der Waals surface area (Å²) in [5.74, 6) is -0.682. The molecular formula is C23H27N5O3. The summed E-state index contributed by atoms with van der Waals surface area (Å²) in [5.41, 5.74) is 0.791. The summed E-state index contributed by atoms with van der Waals surface area (Å²) in [6.07, 6.45) is 10.6. The highest BCUT2D eigenvalue weighted by Gasteiger charge is 2.51. The van der Waals surface area contributed by atoms with Crippen molar-refractivity contribution < 1.29 is 14.4 Å². The number of amides is 3. The van der Waals surface area contributed by atoms with Crippen molar-refractivity contribution >= 4 is 17.7 Å². The molecule has 8 heteroatoms. The number of aromatic nitrogens is 3. The average molecular weight is 422 g/mol. The molecule has 3 atom stereocenters. The number of imide groups is 1. The largest absolute Gasteiger partial charge is 0.350 e. The Kier molecular flexibility index (Phi) is 5.97. The van der Waals surface area contributed by atoms with E-state index in [0.717, 1.165) is 5.56 Å². The zero-order valence-electron chi connectivity index (χ0n) is 17.8. The van der Waals surface area contributed by atoms with Gasteiger partial charge in [-0.3, -0.25) is 19.3 Å². The second-order valence-corrected chi connectivity index (χ2v) is 8.50. The molecule has 2 aromatic rings. The van der Waals surface area contributed by atoms with Crippen molar-refractivity contribution in [2.45, 2.75) is 45.7 Å². The van der Waals surface area contributed by atoms with Crippen LogP contribution in [0.2, 0.25) is 0 Å². The van der Waals surface area contributed by atoms with Gasteiger partial charge in [0.2, 0.25) is 17.7 Å². The fourth-order valence-corrected chi connectivity index (χ4v) is 4.38. The van der Waals surface area contributed by atoms with Gasteiger partial charge in [-0.15, -0.1) is 0 Å². The number of likely N-dealkylation sites (tertiary alicyclic amines) is 1. The van der Waals surface area contributed by atoms with Gasteiger partial charge in [0.15, 0.2) is 5.82 Å². The van der Waals surface area contributed by atoms with Crippen LogP contribution in [0.25, 0.3) is 5.82 Å². The molecule has 0 spiro atoms. The maximum atomic E-state index is 13.2. The highest BCUT2D eigenvalue weighted by Crippen LogP contribution is 2.37. The van der Waals surface area contributed by atoms with Gasteiger partial charge >= 0.3 is 0 Å².